The largest absolute Gasteiger partial charge is 0.385 e. The van der Waals surface area contributed by atoms with E-state index >= 15 is 0 Å². The van der Waals surface area contributed by atoms with Gasteiger partial charge in [-0.15, -0.1) is 0 Å². The number of ether oxygens (including phenoxy) is 2. The highest BCUT2D eigenvalue weighted by atomic mass is 16.5. The zero-order valence-corrected chi connectivity index (χ0v) is 9.30. The Bertz CT molecular complexity index is 126. The Morgan fingerprint density at radius 1 is 1.38 bits per heavy atom. The van der Waals surface area contributed by atoms with Gasteiger partial charge < -0.3 is 15.2 Å². The van der Waals surface area contributed by atoms with E-state index in [0.29, 0.717) is 12.5 Å². The number of nitrogens with two attached hydrogens (primary N) is 1. The van der Waals surface area contributed by atoms with Crippen LogP contribution in [0.25, 0.3) is 0 Å². The average Bonchev–Trinajstić information content (AvgIpc) is 2.11. The van der Waals surface area contributed by atoms with Crippen molar-refractivity contribution in [2.75, 3.05) is 26.9 Å². The maximum absolute atomic E-state index is 5.66. The fraction of sp³-hybridized carbons (Fsp3) is 1.00. The molecule has 3 nitrogen and oxygen atoms in total. The molecule has 0 saturated carbocycles. The minimum absolute atomic E-state index is 0.193. The molecule has 0 aliphatic heterocycles. The first-order chi connectivity index (χ1) is 6.02. The van der Waals surface area contributed by atoms with E-state index < -0.39 is 0 Å². The SMILES string of the molecule is COCCC(C)COC(C)(C)CN. The molecule has 0 aliphatic carbocycles. The Hall–Kier alpha value is -0.120. The second-order valence-electron chi connectivity index (χ2n) is 4.16. The Morgan fingerprint density at radius 2 is 2.00 bits per heavy atom. The molecule has 0 saturated heterocycles. The van der Waals surface area contributed by atoms with Crippen LogP contribution in [0.2, 0.25) is 0 Å². The van der Waals surface area contributed by atoms with Crippen molar-refractivity contribution in [3.63, 3.8) is 0 Å². The van der Waals surface area contributed by atoms with E-state index in [0.717, 1.165) is 19.6 Å². The van der Waals surface area contributed by atoms with Crippen LogP contribution < -0.4 is 5.73 Å². The van der Waals surface area contributed by atoms with Crippen LogP contribution in [0.15, 0.2) is 0 Å². The van der Waals surface area contributed by atoms with E-state index in [1.54, 1.807) is 7.11 Å². The Kier molecular flexibility index (Phi) is 6.29. The molecule has 0 fully saturated rings. The third-order valence-electron chi connectivity index (χ3n) is 2.06. The molecule has 0 amide bonds. The molecule has 0 bridgehead atoms. The van der Waals surface area contributed by atoms with E-state index in [4.69, 9.17) is 15.2 Å². The van der Waals surface area contributed by atoms with Crippen molar-refractivity contribution in [3.05, 3.63) is 0 Å². The second kappa shape index (κ2) is 6.35. The summed E-state index contributed by atoms with van der Waals surface area (Å²) >= 11 is 0. The number of methoxy groups -OCH3 is 1. The predicted molar refractivity (Wildman–Crippen MR) is 54.7 cm³/mol. The first-order valence-electron chi connectivity index (χ1n) is 4.85. The summed E-state index contributed by atoms with van der Waals surface area (Å²) in [7, 11) is 1.72. The molecule has 1 atom stereocenters. The quantitative estimate of drug-likeness (QED) is 0.658. The summed E-state index contributed by atoms with van der Waals surface area (Å²) in [6.07, 6.45) is 1.04. The zero-order valence-electron chi connectivity index (χ0n) is 9.30. The van der Waals surface area contributed by atoms with Crippen LogP contribution in [-0.4, -0.2) is 32.5 Å². The third-order valence-corrected chi connectivity index (χ3v) is 2.06. The van der Waals surface area contributed by atoms with Gasteiger partial charge in [-0.1, -0.05) is 6.92 Å². The monoisotopic (exact) mass is 189 g/mol. The minimum atomic E-state index is -0.193. The molecule has 0 radical (unpaired) electrons. The Balaban J connectivity index is 3.51. The minimum Gasteiger partial charge on any atom is -0.385 e. The highest BCUT2D eigenvalue weighted by Gasteiger charge is 2.16. The van der Waals surface area contributed by atoms with Crippen LogP contribution in [0.1, 0.15) is 27.2 Å². The second-order valence-corrected chi connectivity index (χ2v) is 4.16. The van der Waals surface area contributed by atoms with Gasteiger partial charge in [-0.25, -0.2) is 0 Å². The van der Waals surface area contributed by atoms with Gasteiger partial charge in [-0.2, -0.15) is 0 Å². The van der Waals surface area contributed by atoms with Crippen molar-refractivity contribution >= 4 is 0 Å². The normalized spacial score (nSPS) is 14.5. The molecule has 13 heavy (non-hydrogen) atoms. The van der Waals surface area contributed by atoms with Gasteiger partial charge in [0.05, 0.1) is 5.60 Å². The molecule has 2 N–H and O–H groups in total. The summed E-state index contributed by atoms with van der Waals surface area (Å²) in [4.78, 5) is 0. The van der Waals surface area contributed by atoms with Crippen molar-refractivity contribution in [2.24, 2.45) is 11.7 Å². The van der Waals surface area contributed by atoms with Gasteiger partial charge in [0.25, 0.3) is 0 Å². The molecular formula is C10H23NO2. The lowest BCUT2D eigenvalue weighted by molar-refractivity contribution is -0.0299. The maximum Gasteiger partial charge on any atom is 0.0748 e. The van der Waals surface area contributed by atoms with Crippen LogP contribution in [-0.2, 0) is 9.47 Å². The van der Waals surface area contributed by atoms with E-state index in [-0.39, 0.29) is 5.60 Å². The topological polar surface area (TPSA) is 44.5 Å². The van der Waals surface area contributed by atoms with Crippen LogP contribution in [0.5, 0.6) is 0 Å². The first kappa shape index (κ1) is 12.9. The van der Waals surface area contributed by atoms with Gasteiger partial charge >= 0.3 is 0 Å². The van der Waals surface area contributed by atoms with E-state index in [1.807, 2.05) is 13.8 Å². The van der Waals surface area contributed by atoms with Gasteiger partial charge in [0.15, 0.2) is 0 Å². The first-order valence-corrected chi connectivity index (χ1v) is 4.85. The average molecular weight is 189 g/mol. The molecule has 0 aromatic rings. The third kappa shape index (κ3) is 6.99. The fourth-order valence-corrected chi connectivity index (χ4v) is 0.829. The standard InChI is InChI=1S/C10H23NO2/c1-9(5-6-12-4)7-13-10(2,3)8-11/h9H,5-8,11H2,1-4H3. The fourth-order valence-electron chi connectivity index (χ4n) is 0.829. The van der Waals surface area contributed by atoms with Gasteiger partial charge in [-0.3, -0.25) is 0 Å². The predicted octanol–water partition coefficient (Wildman–Crippen LogP) is 1.41. The Labute approximate surface area is 81.6 Å². The van der Waals surface area contributed by atoms with E-state index in [9.17, 15) is 0 Å². The van der Waals surface area contributed by atoms with Gasteiger partial charge in [0, 0.05) is 26.9 Å². The highest BCUT2D eigenvalue weighted by Crippen LogP contribution is 2.11. The van der Waals surface area contributed by atoms with E-state index in [1.165, 1.54) is 0 Å². The lowest BCUT2D eigenvalue weighted by Crippen LogP contribution is -2.35. The zero-order chi connectivity index (χ0) is 10.3. The van der Waals surface area contributed by atoms with E-state index in [2.05, 4.69) is 6.92 Å². The molecule has 0 spiro atoms. The molecule has 0 aromatic carbocycles. The van der Waals surface area contributed by atoms with Crippen molar-refractivity contribution in [1.82, 2.24) is 0 Å². The molecule has 0 rings (SSSR count). The van der Waals surface area contributed by atoms with Crippen molar-refractivity contribution in [2.45, 2.75) is 32.8 Å². The summed E-state index contributed by atoms with van der Waals surface area (Å²) in [5, 5.41) is 0. The van der Waals surface area contributed by atoms with Gasteiger partial charge in [0.2, 0.25) is 0 Å². The van der Waals surface area contributed by atoms with Gasteiger partial charge in [-0.05, 0) is 26.2 Å². The molecule has 0 heterocycles. The van der Waals surface area contributed by atoms with Crippen molar-refractivity contribution in [1.29, 1.82) is 0 Å². The maximum atomic E-state index is 5.66. The van der Waals surface area contributed by atoms with Crippen LogP contribution in [0, 0.1) is 5.92 Å². The molecule has 3 heteroatoms. The molecule has 1 unspecified atom stereocenters. The molecule has 0 aliphatic rings. The van der Waals surface area contributed by atoms with Crippen LogP contribution >= 0.6 is 0 Å². The summed E-state index contributed by atoms with van der Waals surface area (Å²) in [5.74, 6) is 0.533. The number of hydrogen-bond acceptors (Lipinski definition) is 3. The van der Waals surface area contributed by atoms with Crippen molar-refractivity contribution < 1.29 is 9.47 Å². The summed E-state index contributed by atoms with van der Waals surface area (Å²) in [6.45, 7) is 8.29. The van der Waals surface area contributed by atoms with Crippen molar-refractivity contribution in [3.8, 4) is 0 Å². The lowest BCUT2D eigenvalue weighted by Gasteiger charge is -2.25. The summed E-state index contributed by atoms with van der Waals surface area (Å²) in [6, 6.07) is 0. The number of hydrogen-bond donors (Lipinski definition) is 1. The lowest BCUT2D eigenvalue weighted by atomic mass is 10.1. The van der Waals surface area contributed by atoms with Gasteiger partial charge in [0.1, 0.15) is 0 Å². The molecule has 0 aromatic heterocycles. The van der Waals surface area contributed by atoms with Crippen LogP contribution in [0.3, 0.4) is 0 Å². The van der Waals surface area contributed by atoms with Crippen LogP contribution in [0.4, 0.5) is 0 Å². The summed E-state index contributed by atoms with van der Waals surface area (Å²) in [5.41, 5.74) is 5.35. The molecular weight excluding hydrogens is 166 g/mol. The highest BCUT2D eigenvalue weighted by molar-refractivity contribution is 4.69. The molecule has 80 valence electrons. The summed E-state index contributed by atoms with van der Waals surface area (Å²) < 4.78 is 10.6. The number of rotatable bonds is 7. The smallest absolute Gasteiger partial charge is 0.0748 e. The Morgan fingerprint density at radius 3 is 2.46 bits per heavy atom.